The lowest BCUT2D eigenvalue weighted by molar-refractivity contribution is 0.102. The van der Waals surface area contributed by atoms with Crippen molar-refractivity contribution in [2.24, 2.45) is 0 Å². The Kier molecular flexibility index (Phi) is 6.79. The van der Waals surface area contributed by atoms with Gasteiger partial charge in [0.05, 0.1) is 10.0 Å². The largest absolute Gasteiger partial charge is 0.322 e. The van der Waals surface area contributed by atoms with Crippen LogP contribution in [-0.4, -0.2) is 5.91 Å². The molecule has 4 heteroatoms. The van der Waals surface area contributed by atoms with Crippen molar-refractivity contribution in [3.05, 3.63) is 111 Å². The number of nitrogens with one attached hydrogen (secondary N) is 1. The normalized spacial score (nSPS) is 10.6. The first-order valence-corrected chi connectivity index (χ1v) is 10.2. The molecule has 0 aliphatic heterocycles. The third kappa shape index (κ3) is 5.72. The summed E-state index contributed by atoms with van der Waals surface area (Å²) in [6, 6.07) is 19.2. The quantitative estimate of drug-likeness (QED) is 0.417. The Morgan fingerprint density at radius 2 is 1.52 bits per heavy atom. The molecule has 0 heterocycles. The van der Waals surface area contributed by atoms with Crippen molar-refractivity contribution in [2.75, 3.05) is 5.32 Å². The molecule has 3 aromatic carbocycles. The van der Waals surface area contributed by atoms with E-state index in [1.54, 1.807) is 6.07 Å². The van der Waals surface area contributed by atoms with Gasteiger partial charge in [-0.3, -0.25) is 4.79 Å². The average Bonchev–Trinajstić information content (AvgIpc) is 2.67. The van der Waals surface area contributed by atoms with Crippen molar-refractivity contribution in [3.63, 3.8) is 0 Å². The lowest BCUT2D eigenvalue weighted by Crippen LogP contribution is -2.12. The first-order chi connectivity index (χ1) is 13.8. The molecule has 1 amide bonds. The van der Waals surface area contributed by atoms with E-state index in [0.717, 1.165) is 40.8 Å². The molecule has 0 radical (unpaired) electrons. The minimum absolute atomic E-state index is 0.113. The van der Waals surface area contributed by atoms with E-state index in [0.29, 0.717) is 15.6 Å². The van der Waals surface area contributed by atoms with Crippen LogP contribution in [0.3, 0.4) is 0 Å². The molecule has 0 spiro atoms. The lowest BCUT2D eigenvalue weighted by Gasteiger charge is -2.10. The number of hydrogen-bond acceptors (Lipinski definition) is 1. The van der Waals surface area contributed by atoms with Crippen LogP contribution in [-0.2, 0) is 12.8 Å². The summed E-state index contributed by atoms with van der Waals surface area (Å²) in [6.45, 7) is 8.20. The third-order valence-electron chi connectivity index (χ3n) is 4.74. The van der Waals surface area contributed by atoms with E-state index in [1.807, 2.05) is 62.4 Å². The van der Waals surface area contributed by atoms with Crippen LogP contribution in [0, 0.1) is 13.8 Å². The van der Waals surface area contributed by atoms with Crippen LogP contribution in [0.1, 0.15) is 32.6 Å². The molecule has 3 aromatic rings. The predicted octanol–water partition coefficient (Wildman–Crippen LogP) is 7.20. The summed E-state index contributed by atoms with van der Waals surface area (Å²) in [5, 5.41) is 4.08. The van der Waals surface area contributed by atoms with Gasteiger partial charge in [0.25, 0.3) is 5.91 Å². The minimum atomic E-state index is -0.113. The Morgan fingerprint density at radius 1 is 0.862 bits per heavy atom. The lowest BCUT2D eigenvalue weighted by atomic mass is 9.99. The zero-order chi connectivity index (χ0) is 21.0. The van der Waals surface area contributed by atoms with Crippen molar-refractivity contribution >= 4 is 34.8 Å². The van der Waals surface area contributed by atoms with Crippen molar-refractivity contribution in [2.45, 2.75) is 26.7 Å². The number of carbonyl (C=O) groups excluding carboxylic acids is 1. The number of halogens is 2. The SMILES string of the molecule is C=C(Cc1ccc(C(=O)Nc2ccc(C)cc2C)cc1)Cc1ccc(Cl)c(Cl)c1. The summed E-state index contributed by atoms with van der Waals surface area (Å²) in [6.07, 6.45) is 1.46. The van der Waals surface area contributed by atoms with Crippen LogP contribution < -0.4 is 5.32 Å². The van der Waals surface area contributed by atoms with Gasteiger partial charge in [-0.2, -0.15) is 0 Å². The first-order valence-electron chi connectivity index (χ1n) is 9.40. The molecule has 2 nitrogen and oxygen atoms in total. The van der Waals surface area contributed by atoms with Gasteiger partial charge in [0.15, 0.2) is 0 Å². The molecular formula is C25H23Cl2NO. The zero-order valence-corrected chi connectivity index (χ0v) is 18.1. The van der Waals surface area contributed by atoms with Gasteiger partial charge in [-0.15, -0.1) is 0 Å². The van der Waals surface area contributed by atoms with Crippen LogP contribution in [0.25, 0.3) is 0 Å². The van der Waals surface area contributed by atoms with Crippen molar-refractivity contribution < 1.29 is 4.79 Å². The Balaban J connectivity index is 1.61. The Morgan fingerprint density at radius 3 is 2.17 bits per heavy atom. The van der Waals surface area contributed by atoms with Gasteiger partial charge in [0.1, 0.15) is 0 Å². The van der Waals surface area contributed by atoms with E-state index < -0.39 is 0 Å². The second kappa shape index (κ2) is 9.30. The number of rotatable bonds is 6. The molecule has 148 valence electrons. The van der Waals surface area contributed by atoms with Crippen LogP contribution in [0.5, 0.6) is 0 Å². The number of hydrogen-bond donors (Lipinski definition) is 1. The van der Waals surface area contributed by atoms with Crippen molar-refractivity contribution in [3.8, 4) is 0 Å². The van der Waals surface area contributed by atoms with E-state index in [1.165, 1.54) is 5.56 Å². The summed E-state index contributed by atoms with van der Waals surface area (Å²) in [5.74, 6) is -0.113. The Labute approximate surface area is 182 Å². The molecule has 0 atom stereocenters. The number of benzene rings is 3. The number of anilines is 1. The molecule has 0 bridgehead atoms. The molecule has 1 N–H and O–H groups in total. The van der Waals surface area contributed by atoms with Gasteiger partial charge in [-0.05, 0) is 73.7 Å². The fourth-order valence-electron chi connectivity index (χ4n) is 3.21. The van der Waals surface area contributed by atoms with Gasteiger partial charge in [-0.1, -0.05) is 71.2 Å². The Bertz CT molecular complexity index is 1050. The van der Waals surface area contributed by atoms with E-state index in [2.05, 4.69) is 18.0 Å². The summed E-state index contributed by atoms with van der Waals surface area (Å²) in [4.78, 5) is 12.5. The summed E-state index contributed by atoms with van der Waals surface area (Å²) >= 11 is 12.0. The maximum absolute atomic E-state index is 12.5. The standard InChI is InChI=1S/C25H23Cl2NO/c1-16-4-11-24(18(3)12-16)28-25(29)21-8-5-19(6-9-21)13-17(2)14-20-7-10-22(26)23(27)15-20/h4-12,15H,2,13-14H2,1,3H3,(H,28,29). The van der Waals surface area contributed by atoms with Gasteiger partial charge < -0.3 is 5.32 Å². The topological polar surface area (TPSA) is 29.1 Å². The molecule has 0 unspecified atom stereocenters. The molecule has 0 saturated carbocycles. The van der Waals surface area contributed by atoms with Gasteiger partial charge in [0.2, 0.25) is 0 Å². The van der Waals surface area contributed by atoms with Crippen LogP contribution in [0.4, 0.5) is 5.69 Å². The number of allylic oxidation sites excluding steroid dienone is 1. The molecule has 0 aliphatic rings. The van der Waals surface area contributed by atoms with Crippen molar-refractivity contribution in [1.29, 1.82) is 0 Å². The number of aryl methyl sites for hydroxylation is 2. The van der Waals surface area contributed by atoms with Gasteiger partial charge in [-0.25, -0.2) is 0 Å². The van der Waals surface area contributed by atoms with Gasteiger partial charge >= 0.3 is 0 Å². The molecule has 29 heavy (non-hydrogen) atoms. The molecule has 0 fully saturated rings. The van der Waals surface area contributed by atoms with Crippen molar-refractivity contribution in [1.82, 2.24) is 0 Å². The molecule has 0 aromatic heterocycles. The summed E-state index contributed by atoms with van der Waals surface area (Å²) in [5.41, 5.74) is 6.94. The molecule has 0 saturated heterocycles. The Hall–Kier alpha value is -2.55. The monoisotopic (exact) mass is 423 g/mol. The second-order valence-electron chi connectivity index (χ2n) is 7.32. The molecule has 3 rings (SSSR count). The third-order valence-corrected chi connectivity index (χ3v) is 5.48. The maximum Gasteiger partial charge on any atom is 0.255 e. The van der Waals surface area contributed by atoms with Crippen LogP contribution >= 0.6 is 23.2 Å². The minimum Gasteiger partial charge on any atom is -0.322 e. The van der Waals surface area contributed by atoms with E-state index in [9.17, 15) is 4.79 Å². The highest BCUT2D eigenvalue weighted by Gasteiger charge is 2.09. The fourth-order valence-corrected chi connectivity index (χ4v) is 3.53. The molecule has 0 aliphatic carbocycles. The summed E-state index contributed by atoms with van der Waals surface area (Å²) < 4.78 is 0. The smallest absolute Gasteiger partial charge is 0.255 e. The van der Waals surface area contributed by atoms with Crippen LogP contribution in [0.2, 0.25) is 10.0 Å². The highest BCUT2D eigenvalue weighted by atomic mass is 35.5. The first kappa shape index (κ1) is 21.2. The van der Waals surface area contributed by atoms with Crippen LogP contribution in [0.15, 0.2) is 72.8 Å². The maximum atomic E-state index is 12.5. The van der Waals surface area contributed by atoms with E-state index in [-0.39, 0.29) is 5.91 Å². The van der Waals surface area contributed by atoms with E-state index in [4.69, 9.17) is 23.2 Å². The zero-order valence-electron chi connectivity index (χ0n) is 16.6. The summed E-state index contributed by atoms with van der Waals surface area (Å²) in [7, 11) is 0. The number of amides is 1. The average molecular weight is 424 g/mol. The fraction of sp³-hybridized carbons (Fsp3) is 0.160. The highest BCUT2D eigenvalue weighted by Crippen LogP contribution is 2.24. The second-order valence-corrected chi connectivity index (χ2v) is 8.14. The van der Waals surface area contributed by atoms with E-state index >= 15 is 0 Å². The number of carbonyl (C=O) groups is 1. The predicted molar refractivity (Wildman–Crippen MR) is 123 cm³/mol. The highest BCUT2D eigenvalue weighted by molar-refractivity contribution is 6.42. The molecular weight excluding hydrogens is 401 g/mol. The van der Waals surface area contributed by atoms with Gasteiger partial charge in [0, 0.05) is 11.3 Å².